The molecule has 2 aliphatic rings. The van der Waals surface area contributed by atoms with Crippen molar-refractivity contribution >= 4 is 12.0 Å². The number of carboxylic acids is 1. The Bertz CT molecular complexity index is 384. The maximum absolute atomic E-state index is 12.6. The molecule has 2 atom stereocenters. The second-order valence-electron chi connectivity index (χ2n) is 6.99. The third-order valence-corrected chi connectivity index (χ3v) is 4.74. The van der Waals surface area contributed by atoms with Gasteiger partial charge in [0, 0.05) is 19.6 Å². The minimum Gasteiger partial charge on any atom is -0.480 e. The fraction of sp³-hybridized carbons (Fsp3) is 0.875. The van der Waals surface area contributed by atoms with Crippen LogP contribution in [0, 0.1) is 17.8 Å². The minimum atomic E-state index is -0.934. The number of nitrogens with zero attached hydrogens (tertiary/aromatic N) is 2. The van der Waals surface area contributed by atoms with Crippen molar-refractivity contribution in [3.8, 4) is 0 Å². The quantitative estimate of drug-likeness (QED) is 0.867. The van der Waals surface area contributed by atoms with Gasteiger partial charge in [0.1, 0.15) is 6.54 Å². The van der Waals surface area contributed by atoms with E-state index >= 15 is 0 Å². The molecule has 2 amide bonds. The van der Waals surface area contributed by atoms with Crippen LogP contribution < -0.4 is 0 Å². The molecule has 0 aromatic rings. The van der Waals surface area contributed by atoms with Crippen LogP contribution >= 0.6 is 0 Å². The van der Waals surface area contributed by atoms with Gasteiger partial charge in [0.25, 0.3) is 0 Å². The molecule has 1 saturated heterocycles. The summed E-state index contributed by atoms with van der Waals surface area (Å²) < 4.78 is 0. The van der Waals surface area contributed by atoms with Gasteiger partial charge in [-0.1, -0.05) is 33.1 Å². The van der Waals surface area contributed by atoms with Crippen molar-refractivity contribution in [2.45, 2.75) is 46.0 Å². The normalized spacial score (nSPS) is 25.6. The minimum absolute atomic E-state index is 0.0878. The summed E-state index contributed by atoms with van der Waals surface area (Å²) >= 11 is 0. The molecule has 2 unspecified atom stereocenters. The monoisotopic (exact) mass is 296 g/mol. The molecule has 0 bridgehead atoms. The molecule has 5 heteroatoms. The molecule has 1 heterocycles. The number of fused-ring (bicyclic) bond motifs is 1. The molecular formula is C16H28N2O3. The molecule has 1 aliphatic heterocycles. The van der Waals surface area contributed by atoms with Gasteiger partial charge in [-0.15, -0.1) is 0 Å². The predicted octanol–water partition coefficient (Wildman–Crippen LogP) is 2.66. The zero-order chi connectivity index (χ0) is 15.4. The highest BCUT2D eigenvalue weighted by Gasteiger charge is 2.34. The maximum Gasteiger partial charge on any atom is 0.323 e. The molecule has 5 nitrogen and oxygen atoms in total. The molecule has 0 aromatic carbocycles. The van der Waals surface area contributed by atoms with Gasteiger partial charge in [-0.3, -0.25) is 4.79 Å². The third kappa shape index (κ3) is 4.35. The number of piperidine rings is 1. The topological polar surface area (TPSA) is 60.9 Å². The van der Waals surface area contributed by atoms with Gasteiger partial charge in [-0.25, -0.2) is 4.79 Å². The van der Waals surface area contributed by atoms with Crippen LogP contribution in [0.5, 0.6) is 0 Å². The van der Waals surface area contributed by atoms with Gasteiger partial charge in [-0.05, 0) is 30.6 Å². The number of urea groups is 1. The van der Waals surface area contributed by atoms with Crippen molar-refractivity contribution < 1.29 is 14.7 Å². The molecule has 1 saturated carbocycles. The zero-order valence-corrected chi connectivity index (χ0v) is 13.3. The highest BCUT2D eigenvalue weighted by atomic mass is 16.4. The van der Waals surface area contributed by atoms with Gasteiger partial charge in [0.05, 0.1) is 0 Å². The average molecular weight is 296 g/mol. The largest absolute Gasteiger partial charge is 0.480 e. The second-order valence-corrected chi connectivity index (χ2v) is 6.99. The van der Waals surface area contributed by atoms with Gasteiger partial charge in [-0.2, -0.15) is 0 Å². The summed E-state index contributed by atoms with van der Waals surface area (Å²) in [5, 5.41) is 9.02. The summed E-state index contributed by atoms with van der Waals surface area (Å²) in [6.07, 6.45) is 6.20. The Kier molecular flexibility index (Phi) is 5.48. The van der Waals surface area contributed by atoms with Crippen LogP contribution in [0.25, 0.3) is 0 Å². The molecular weight excluding hydrogens is 268 g/mol. The van der Waals surface area contributed by atoms with E-state index in [2.05, 4.69) is 0 Å². The molecule has 120 valence electrons. The molecule has 2 rings (SSSR count). The highest BCUT2D eigenvalue weighted by Crippen LogP contribution is 2.36. The van der Waals surface area contributed by atoms with E-state index in [1.54, 1.807) is 0 Å². The molecule has 1 N–H and O–H groups in total. The standard InChI is InChI=1S/C16H28N2O3/c1-12(2)9-18(11-15(19)20)16(21)17-8-7-13-5-3-4-6-14(13)10-17/h12-14H,3-11H2,1-2H3,(H,19,20). The Morgan fingerprint density at radius 3 is 2.48 bits per heavy atom. The lowest BCUT2D eigenvalue weighted by atomic mass is 9.75. The van der Waals surface area contributed by atoms with E-state index in [4.69, 9.17) is 5.11 Å². The second kappa shape index (κ2) is 7.14. The fourth-order valence-corrected chi connectivity index (χ4v) is 3.79. The first-order chi connectivity index (χ1) is 9.97. The highest BCUT2D eigenvalue weighted by molar-refractivity contribution is 5.80. The van der Waals surface area contributed by atoms with E-state index < -0.39 is 5.97 Å². The van der Waals surface area contributed by atoms with E-state index in [9.17, 15) is 9.59 Å². The first kappa shape index (κ1) is 16.1. The summed E-state index contributed by atoms with van der Waals surface area (Å²) in [4.78, 5) is 27.0. The van der Waals surface area contributed by atoms with Gasteiger partial charge in [0.2, 0.25) is 0 Å². The summed E-state index contributed by atoms with van der Waals surface area (Å²) in [6.45, 7) is 5.94. The number of amides is 2. The SMILES string of the molecule is CC(C)CN(CC(=O)O)C(=O)N1CCC2CCCCC2C1. The number of carbonyl (C=O) groups excluding carboxylic acids is 1. The van der Waals surface area contributed by atoms with Crippen LogP contribution in [-0.2, 0) is 4.79 Å². The lowest BCUT2D eigenvalue weighted by molar-refractivity contribution is -0.137. The van der Waals surface area contributed by atoms with Gasteiger partial charge < -0.3 is 14.9 Å². The Labute approximate surface area is 127 Å². The molecule has 1 aliphatic carbocycles. The lowest BCUT2D eigenvalue weighted by Crippen LogP contribution is -2.52. The van der Waals surface area contributed by atoms with Crippen molar-refractivity contribution in [1.29, 1.82) is 0 Å². The number of rotatable bonds is 4. The Hall–Kier alpha value is -1.26. The number of carbonyl (C=O) groups is 2. The van der Waals surface area contributed by atoms with Crippen molar-refractivity contribution in [2.75, 3.05) is 26.2 Å². The number of carboxylic acid groups (broad SMARTS) is 1. The Morgan fingerprint density at radius 1 is 1.19 bits per heavy atom. The fourth-order valence-electron chi connectivity index (χ4n) is 3.79. The Balaban J connectivity index is 1.97. The summed E-state index contributed by atoms with van der Waals surface area (Å²) in [6, 6.07) is -0.0878. The van der Waals surface area contributed by atoms with E-state index in [-0.39, 0.29) is 18.5 Å². The summed E-state index contributed by atoms with van der Waals surface area (Å²) in [5.41, 5.74) is 0. The molecule has 0 spiro atoms. The zero-order valence-electron chi connectivity index (χ0n) is 13.3. The van der Waals surface area contributed by atoms with Crippen molar-refractivity contribution in [1.82, 2.24) is 9.80 Å². The molecule has 2 fully saturated rings. The first-order valence-corrected chi connectivity index (χ1v) is 8.23. The number of likely N-dealkylation sites (tertiary alicyclic amines) is 1. The van der Waals surface area contributed by atoms with Crippen molar-refractivity contribution in [3.05, 3.63) is 0 Å². The van der Waals surface area contributed by atoms with Crippen LogP contribution in [0.15, 0.2) is 0 Å². The smallest absolute Gasteiger partial charge is 0.323 e. The van der Waals surface area contributed by atoms with E-state index in [1.165, 1.54) is 30.6 Å². The predicted molar refractivity (Wildman–Crippen MR) is 81.1 cm³/mol. The number of aliphatic carboxylic acids is 1. The van der Waals surface area contributed by atoms with Crippen LogP contribution in [0.2, 0.25) is 0 Å². The Morgan fingerprint density at radius 2 is 1.86 bits per heavy atom. The lowest BCUT2D eigenvalue weighted by Gasteiger charge is -2.42. The van der Waals surface area contributed by atoms with E-state index in [0.29, 0.717) is 12.5 Å². The number of hydrogen-bond acceptors (Lipinski definition) is 2. The van der Waals surface area contributed by atoms with E-state index in [0.717, 1.165) is 25.4 Å². The average Bonchev–Trinajstić information content (AvgIpc) is 2.44. The third-order valence-electron chi connectivity index (χ3n) is 4.74. The van der Waals surface area contributed by atoms with Gasteiger partial charge >= 0.3 is 12.0 Å². The summed E-state index contributed by atoms with van der Waals surface area (Å²) in [7, 11) is 0. The van der Waals surface area contributed by atoms with Crippen LogP contribution in [-0.4, -0.2) is 53.1 Å². The maximum atomic E-state index is 12.6. The van der Waals surface area contributed by atoms with Crippen LogP contribution in [0.1, 0.15) is 46.0 Å². The van der Waals surface area contributed by atoms with Crippen molar-refractivity contribution in [3.63, 3.8) is 0 Å². The van der Waals surface area contributed by atoms with Crippen molar-refractivity contribution in [2.24, 2.45) is 17.8 Å². The first-order valence-electron chi connectivity index (χ1n) is 8.23. The van der Waals surface area contributed by atoms with E-state index in [1.807, 2.05) is 18.7 Å². The van der Waals surface area contributed by atoms with Gasteiger partial charge in [0.15, 0.2) is 0 Å². The number of hydrogen-bond donors (Lipinski definition) is 1. The van der Waals surface area contributed by atoms with Crippen LogP contribution in [0.3, 0.4) is 0 Å². The van der Waals surface area contributed by atoms with Crippen LogP contribution in [0.4, 0.5) is 4.79 Å². The molecule has 21 heavy (non-hydrogen) atoms. The summed E-state index contributed by atoms with van der Waals surface area (Å²) in [5.74, 6) is 0.750. The molecule has 0 aromatic heterocycles. The molecule has 0 radical (unpaired) electrons.